The fraction of sp³-hybridized carbons (Fsp3) is 0.294. The van der Waals surface area contributed by atoms with Gasteiger partial charge in [0.05, 0.1) is 12.2 Å². The van der Waals surface area contributed by atoms with E-state index in [4.69, 9.17) is 0 Å². The normalized spacial score (nSPS) is 15.9. The van der Waals surface area contributed by atoms with Crippen molar-refractivity contribution in [1.82, 2.24) is 9.78 Å². The van der Waals surface area contributed by atoms with Crippen LogP contribution in [0.25, 0.3) is 6.08 Å². The molecule has 1 aromatic carbocycles. The summed E-state index contributed by atoms with van der Waals surface area (Å²) in [7, 11) is 0. The van der Waals surface area contributed by atoms with Crippen LogP contribution in [0.4, 0.5) is 5.82 Å². The number of aromatic nitrogens is 2. The fourth-order valence-corrected chi connectivity index (χ4v) is 2.88. The molecular weight excluding hydrogens is 342 g/mol. The number of halogens is 1. The first-order chi connectivity index (χ1) is 10.6. The molecule has 114 valence electrons. The molecule has 1 atom stereocenters. The molecule has 1 aliphatic carbocycles. The van der Waals surface area contributed by atoms with Gasteiger partial charge in [0, 0.05) is 16.6 Å². The zero-order chi connectivity index (χ0) is 15.5. The molecule has 0 radical (unpaired) electrons. The van der Waals surface area contributed by atoms with E-state index in [0.29, 0.717) is 12.0 Å². The number of benzene rings is 1. The number of nitrogens with zero attached hydrogens (tertiary/aromatic N) is 2. The first-order valence-electron chi connectivity index (χ1n) is 7.42. The van der Waals surface area contributed by atoms with Crippen LogP contribution in [0.1, 0.15) is 31.4 Å². The van der Waals surface area contributed by atoms with Crippen molar-refractivity contribution in [1.29, 1.82) is 0 Å². The van der Waals surface area contributed by atoms with Gasteiger partial charge in [-0.2, -0.15) is 5.10 Å². The predicted octanol–water partition coefficient (Wildman–Crippen LogP) is 4.27. The van der Waals surface area contributed by atoms with Gasteiger partial charge in [-0.15, -0.1) is 0 Å². The third-order valence-electron chi connectivity index (χ3n) is 3.93. The number of carbonyl (C=O) groups is 1. The number of anilines is 1. The second-order valence-corrected chi connectivity index (χ2v) is 6.44. The van der Waals surface area contributed by atoms with E-state index in [2.05, 4.69) is 33.3 Å². The molecule has 0 saturated heterocycles. The van der Waals surface area contributed by atoms with Crippen LogP contribution in [0.15, 0.2) is 47.1 Å². The molecule has 1 fully saturated rings. The van der Waals surface area contributed by atoms with Gasteiger partial charge in [0.25, 0.3) is 0 Å². The van der Waals surface area contributed by atoms with Crippen molar-refractivity contribution in [3.63, 3.8) is 0 Å². The Morgan fingerprint density at radius 1 is 1.41 bits per heavy atom. The second-order valence-electron chi connectivity index (χ2n) is 5.58. The molecule has 1 N–H and O–H groups in total. The highest BCUT2D eigenvalue weighted by atomic mass is 79.9. The smallest absolute Gasteiger partial charge is 0.249 e. The Hall–Kier alpha value is -1.88. The molecule has 1 aromatic heterocycles. The lowest BCUT2D eigenvalue weighted by Crippen LogP contribution is -2.16. The van der Waals surface area contributed by atoms with Gasteiger partial charge in [0.15, 0.2) is 0 Å². The van der Waals surface area contributed by atoms with Crippen molar-refractivity contribution in [2.75, 3.05) is 5.32 Å². The number of hydrogen-bond acceptors (Lipinski definition) is 2. The Kier molecular flexibility index (Phi) is 4.43. The summed E-state index contributed by atoms with van der Waals surface area (Å²) in [6.07, 6.45) is 7.56. The van der Waals surface area contributed by atoms with Crippen LogP contribution in [-0.2, 0) is 4.79 Å². The van der Waals surface area contributed by atoms with Gasteiger partial charge in [0.1, 0.15) is 5.82 Å². The molecule has 0 spiro atoms. The van der Waals surface area contributed by atoms with Crippen molar-refractivity contribution in [2.45, 2.75) is 25.8 Å². The molecule has 1 unspecified atom stereocenters. The molecule has 1 saturated carbocycles. The molecule has 1 amide bonds. The van der Waals surface area contributed by atoms with Crippen molar-refractivity contribution in [3.8, 4) is 0 Å². The number of hydrogen-bond donors (Lipinski definition) is 1. The highest BCUT2D eigenvalue weighted by molar-refractivity contribution is 9.10. The van der Waals surface area contributed by atoms with Gasteiger partial charge in [0.2, 0.25) is 5.91 Å². The van der Waals surface area contributed by atoms with Crippen LogP contribution in [0.3, 0.4) is 0 Å². The van der Waals surface area contributed by atoms with Gasteiger partial charge in [-0.05, 0) is 43.4 Å². The van der Waals surface area contributed by atoms with Gasteiger partial charge in [-0.25, -0.2) is 4.68 Å². The summed E-state index contributed by atoms with van der Waals surface area (Å²) in [4.78, 5) is 12.1. The summed E-state index contributed by atoms with van der Waals surface area (Å²) in [6.45, 7) is 2.15. The largest absolute Gasteiger partial charge is 0.307 e. The molecule has 1 heterocycles. The maximum atomic E-state index is 12.1. The zero-order valence-electron chi connectivity index (χ0n) is 12.4. The zero-order valence-corrected chi connectivity index (χ0v) is 14.0. The second kappa shape index (κ2) is 6.48. The van der Waals surface area contributed by atoms with E-state index < -0.39 is 0 Å². The lowest BCUT2D eigenvalue weighted by Gasteiger charge is -2.14. The van der Waals surface area contributed by atoms with Gasteiger partial charge in [-0.3, -0.25) is 4.79 Å². The van der Waals surface area contributed by atoms with E-state index >= 15 is 0 Å². The van der Waals surface area contributed by atoms with Crippen LogP contribution >= 0.6 is 15.9 Å². The lowest BCUT2D eigenvalue weighted by atomic mass is 10.2. The number of carbonyl (C=O) groups excluding carboxylic acids is 1. The van der Waals surface area contributed by atoms with E-state index in [1.54, 1.807) is 18.3 Å². The van der Waals surface area contributed by atoms with Crippen molar-refractivity contribution in [2.24, 2.45) is 5.92 Å². The van der Waals surface area contributed by atoms with Crippen molar-refractivity contribution in [3.05, 3.63) is 52.6 Å². The minimum atomic E-state index is -0.152. The van der Waals surface area contributed by atoms with Crippen molar-refractivity contribution < 1.29 is 4.79 Å². The molecule has 3 rings (SSSR count). The number of nitrogens with one attached hydrogen (secondary N) is 1. The van der Waals surface area contributed by atoms with Crippen LogP contribution in [-0.4, -0.2) is 15.7 Å². The summed E-state index contributed by atoms with van der Waals surface area (Å²) < 4.78 is 2.87. The first-order valence-corrected chi connectivity index (χ1v) is 8.21. The summed E-state index contributed by atoms with van der Waals surface area (Å²) in [5, 5.41) is 7.24. The lowest BCUT2D eigenvalue weighted by molar-refractivity contribution is -0.111. The van der Waals surface area contributed by atoms with Gasteiger partial charge in [-0.1, -0.05) is 34.1 Å². The number of rotatable bonds is 5. The third-order valence-corrected chi connectivity index (χ3v) is 4.65. The molecular formula is C17H18BrN3O. The molecule has 2 aromatic rings. The molecule has 5 heteroatoms. The molecule has 0 aliphatic heterocycles. The SMILES string of the molecule is CC(C1CC1)n1nccc1NC(=O)/C=C/c1ccccc1Br. The minimum Gasteiger partial charge on any atom is -0.307 e. The Balaban J connectivity index is 1.67. The standard InChI is InChI=1S/C17H18BrN3O/c1-12(13-6-7-13)21-16(10-11-19-21)20-17(22)9-8-14-4-2-3-5-15(14)18/h2-5,8-13H,6-7H2,1H3,(H,20,22)/b9-8+. The van der Waals surface area contributed by atoms with E-state index in [1.807, 2.05) is 35.0 Å². The summed E-state index contributed by atoms with van der Waals surface area (Å²) in [5.74, 6) is 1.29. The fourth-order valence-electron chi connectivity index (χ4n) is 2.46. The topological polar surface area (TPSA) is 46.9 Å². The maximum absolute atomic E-state index is 12.1. The van der Waals surface area contributed by atoms with E-state index in [1.165, 1.54) is 12.8 Å². The molecule has 22 heavy (non-hydrogen) atoms. The Morgan fingerprint density at radius 2 is 2.18 bits per heavy atom. The van der Waals surface area contributed by atoms with Gasteiger partial charge >= 0.3 is 0 Å². The van der Waals surface area contributed by atoms with Crippen LogP contribution in [0.2, 0.25) is 0 Å². The van der Waals surface area contributed by atoms with E-state index in [9.17, 15) is 4.79 Å². The monoisotopic (exact) mass is 359 g/mol. The summed E-state index contributed by atoms with van der Waals surface area (Å²) in [5.41, 5.74) is 0.970. The van der Waals surface area contributed by atoms with E-state index in [-0.39, 0.29) is 5.91 Å². The minimum absolute atomic E-state index is 0.152. The number of amides is 1. The first kappa shape index (κ1) is 15.0. The average Bonchev–Trinajstić information content (AvgIpc) is 3.26. The Labute approximate surface area is 138 Å². The van der Waals surface area contributed by atoms with Crippen LogP contribution in [0, 0.1) is 5.92 Å². The molecule has 0 bridgehead atoms. The van der Waals surface area contributed by atoms with E-state index in [0.717, 1.165) is 15.9 Å². The maximum Gasteiger partial charge on any atom is 0.249 e. The van der Waals surface area contributed by atoms with Crippen molar-refractivity contribution >= 4 is 33.7 Å². The predicted molar refractivity (Wildman–Crippen MR) is 91.5 cm³/mol. The van der Waals surface area contributed by atoms with Crippen LogP contribution < -0.4 is 5.32 Å². The highest BCUT2D eigenvalue weighted by Crippen LogP contribution is 2.40. The van der Waals surface area contributed by atoms with Gasteiger partial charge < -0.3 is 5.32 Å². The highest BCUT2D eigenvalue weighted by Gasteiger charge is 2.30. The average molecular weight is 360 g/mol. The Bertz CT molecular complexity index is 703. The van der Waals surface area contributed by atoms with Crippen LogP contribution in [0.5, 0.6) is 0 Å². The third kappa shape index (κ3) is 3.47. The Morgan fingerprint density at radius 3 is 2.91 bits per heavy atom. The summed E-state index contributed by atoms with van der Waals surface area (Å²) in [6, 6.07) is 9.95. The molecule has 4 nitrogen and oxygen atoms in total. The quantitative estimate of drug-likeness (QED) is 0.810. The molecule has 1 aliphatic rings. The summed E-state index contributed by atoms with van der Waals surface area (Å²) >= 11 is 3.46.